The lowest BCUT2D eigenvalue weighted by molar-refractivity contribution is -0.117. The zero-order valence-corrected chi connectivity index (χ0v) is 11.5. The van der Waals surface area contributed by atoms with Gasteiger partial charge in [-0.2, -0.15) is 0 Å². The molecule has 1 atom stereocenters. The van der Waals surface area contributed by atoms with Crippen LogP contribution >= 0.6 is 0 Å². The number of ketones is 1. The van der Waals surface area contributed by atoms with E-state index in [9.17, 15) is 4.79 Å². The average molecular weight is 254 g/mol. The molecule has 19 heavy (non-hydrogen) atoms. The maximum absolute atomic E-state index is 12.1. The summed E-state index contributed by atoms with van der Waals surface area (Å²) >= 11 is 0. The Morgan fingerprint density at radius 2 is 1.68 bits per heavy atom. The summed E-state index contributed by atoms with van der Waals surface area (Å²) in [4.78, 5) is 12.1. The molecule has 2 fully saturated rings. The van der Waals surface area contributed by atoms with Gasteiger partial charge in [-0.25, -0.2) is 0 Å². The van der Waals surface area contributed by atoms with Gasteiger partial charge in [0.2, 0.25) is 0 Å². The first-order chi connectivity index (χ1) is 9.33. The number of hydrogen-bond donors (Lipinski definition) is 0. The molecular weight excluding hydrogens is 232 g/mol. The summed E-state index contributed by atoms with van der Waals surface area (Å²) in [5.41, 5.74) is 2.23. The first-order valence-corrected chi connectivity index (χ1v) is 7.62. The first kappa shape index (κ1) is 12.7. The van der Waals surface area contributed by atoms with Gasteiger partial charge < -0.3 is 0 Å². The van der Waals surface area contributed by atoms with Crippen molar-refractivity contribution >= 4 is 11.9 Å². The summed E-state index contributed by atoms with van der Waals surface area (Å²) in [7, 11) is 0. The van der Waals surface area contributed by atoms with E-state index >= 15 is 0 Å². The molecule has 0 amide bonds. The van der Waals surface area contributed by atoms with Crippen LogP contribution < -0.4 is 0 Å². The van der Waals surface area contributed by atoms with Crippen LogP contribution in [0.2, 0.25) is 0 Å². The monoisotopic (exact) mass is 254 g/mol. The summed E-state index contributed by atoms with van der Waals surface area (Å²) < 4.78 is 0. The molecular formula is C18H22O. The van der Waals surface area contributed by atoms with Crippen molar-refractivity contribution in [2.75, 3.05) is 0 Å². The van der Waals surface area contributed by atoms with Gasteiger partial charge in [-0.1, -0.05) is 56.0 Å². The van der Waals surface area contributed by atoms with Crippen molar-refractivity contribution in [2.45, 2.75) is 44.9 Å². The molecule has 1 aromatic carbocycles. The van der Waals surface area contributed by atoms with E-state index < -0.39 is 0 Å². The SMILES string of the molecule is O=C1CCC(C2CCCC2)C/C1=C/c1ccccc1. The van der Waals surface area contributed by atoms with E-state index in [1.165, 1.54) is 25.7 Å². The Morgan fingerprint density at radius 1 is 0.947 bits per heavy atom. The van der Waals surface area contributed by atoms with Gasteiger partial charge in [0.05, 0.1) is 0 Å². The molecule has 3 rings (SSSR count). The van der Waals surface area contributed by atoms with Crippen molar-refractivity contribution in [3.05, 3.63) is 41.5 Å². The van der Waals surface area contributed by atoms with Crippen molar-refractivity contribution in [1.82, 2.24) is 0 Å². The molecule has 1 aromatic rings. The normalized spacial score (nSPS) is 27.1. The van der Waals surface area contributed by atoms with Crippen LogP contribution in [0, 0.1) is 11.8 Å². The zero-order valence-electron chi connectivity index (χ0n) is 11.5. The number of benzene rings is 1. The van der Waals surface area contributed by atoms with Crippen LogP contribution in [0.1, 0.15) is 50.5 Å². The van der Waals surface area contributed by atoms with Crippen molar-refractivity contribution in [2.24, 2.45) is 11.8 Å². The fraction of sp³-hybridized carbons (Fsp3) is 0.500. The zero-order chi connectivity index (χ0) is 13.1. The Morgan fingerprint density at radius 3 is 2.42 bits per heavy atom. The minimum atomic E-state index is 0.373. The Labute approximate surface area is 115 Å². The van der Waals surface area contributed by atoms with Gasteiger partial charge in [-0.3, -0.25) is 4.79 Å². The lowest BCUT2D eigenvalue weighted by Crippen LogP contribution is -2.22. The standard InChI is InChI=1S/C18H22O/c19-18-11-10-16(15-8-4-5-9-15)13-17(18)12-14-6-2-1-3-7-14/h1-3,6-7,12,15-16H,4-5,8-11,13H2/b17-12-. The van der Waals surface area contributed by atoms with E-state index in [0.29, 0.717) is 5.78 Å². The van der Waals surface area contributed by atoms with Crippen LogP contribution in [0.15, 0.2) is 35.9 Å². The molecule has 0 spiro atoms. The molecule has 0 aromatic heterocycles. The van der Waals surface area contributed by atoms with Gasteiger partial charge in [-0.05, 0) is 41.9 Å². The van der Waals surface area contributed by atoms with E-state index in [1.807, 2.05) is 18.2 Å². The highest BCUT2D eigenvalue weighted by Gasteiger charge is 2.30. The number of hydrogen-bond acceptors (Lipinski definition) is 1. The third kappa shape index (κ3) is 2.97. The molecule has 2 aliphatic carbocycles. The minimum Gasteiger partial charge on any atom is -0.295 e. The quantitative estimate of drug-likeness (QED) is 0.703. The topological polar surface area (TPSA) is 17.1 Å². The average Bonchev–Trinajstić information content (AvgIpc) is 2.96. The van der Waals surface area contributed by atoms with Gasteiger partial charge in [0, 0.05) is 6.42 Å². The highest BCUT2D eigenvalue weighted by molar-refractivity contribution is 6.00. The maximum Gasteiger partial charge on any atom is 0.158 e. The molecule has 0 aliphatic heterocycles. The highest BCUT2D eigenvalue weighted by Crippen LogP contribution is 2.40. The van der Waals surface area contributed by atoms with Crippen LogP contribution in [-0.4, -0.2) is 5.78 Å². The second-order valence-electron chi connectivity index (χ2n) is 6.05. The van der Waals surface area contributed by atoms with E-state index in [-0.39, 0.29) is 0 Å². The molecule has 0 bridgehead atoms. The number of rotatable bonds is 2. The van der Waals surface area contributed by atoms with Crippen molar-refractivity contribution < 1.29 is 4.79 Å². The number of Topliss-reactive ketones (excluding diaryl/α,β-unsaturated/α-hetero) is 1. The van der Waals surface area contributed by atoms with Gasteiger partial charge in [0.1, 0.15) is 0 Å². The third-order valence-electron chi connectivity index (χ3n) is 4.79. The number of carbonyl (C=O) groups is 1. The third-order valence-corrected chi connectivity index (χ3v) is 4.79. The van der Waals surface area contributed by atoms with Crippen molar-refractivity contribution in [1.29, 1.82) is 0 Å². The molecule has 1 nitrogen and oxygen atoms in total. The fourth-order valence-electron chi connectivity index (χ4n) is 3.70. The smallest absolute Gasteiger partial charge is 0.158 e. The molecule has 0 heterocycles. The molecule has 0 N–H and O–H groups in total. The maximum atomic E-state index is 12.1. The van der Waals surface area contributed by atoms with E-state index in [1.54, 1.807) is 0 Å². The van der Waals surface area contributed by atoms with Crippen LogP contribution in [0.3, 0.4) is 0 Å². The molecule has 1 unspecified atom stereocenters. The van der Waals surface area contributed by atoms with Gasteiger partial charge in [0.15, 0.2) is 5.78 Å². The van der Waals surface area contributed by atoms with Crippen molar-refractivity contribution in [3.63, 3.8) is 0 Å². The highest BCUT2D eigenvalue weighted by atomic mass is 16.1. The molecule has 1 heteroatoms. The Balaban J connectivity index is 1.75. The van der Waals surface area contributed by atoms with Gasteiger partial charge >= 0.3 is 0 Å². The van der Waals surface area contributed by atoms with E-state index in [0.717, 1.165) is 42.2 Å². The lowest BCUT2D eigenvalue weighted by Gasteiger charge is -2.28. The van der Waals surface area contributed by atoms with Crippen LogP contribution in [0.5, 0.6) is 0 Å². The predicted octanol–water partition coefficient (Wildman–Crippen LogP) is 4.63. The Hall–Kier alpha value is -1.37. The minimum absolute atomic E-state index is 0.373. The largest absolute Gasteiger partial charge is 0.295 e. The van der Waals surface area contributed by atoms with Crippen LogP contribution in [0.4, 0.5) is 0 Å². The van der Waals surface area contributed by atoms with Crippen molar-refractivity contribution in [3.8, 4) is 0 Å². The molecule has 2 aliphatic rings. The Kier molecular flexibility index (Phi) is 3.82. The molecule has 2 saturated carbocycles. The fourth-order valence-corrected chi connectivity index (χ4v) is 3.70. The van der Waals surface area contributed by atoms with E-state index in [2.05, 4.69) is 18.2 Å². The summed E-state index contributed by atoms with van der Waals surface area (Å²) in [5, 5.41) is 0. The second kappa shape index (κ2) is 5.73. The van der Waals surface area contributed by atoms with Gasteiger partial charge in [0.25, 0.3) is 0 Å². The lowest BCUT2D eigenvalue weighted by atomic mass is 9.76. The molecule has 0 radical (unpaired) electrons. The molecule has 0 saturated heterocycles. The summed E-state index contributed by atoms with van der Waals surface area (Å²) in [6.45, 7) is 0. The number of allylic oxidation sites excluding steroid dienone is 1. The summed E-state index contributed by atoms with van der Waals surface area (Å²) in [6, 6.07) is 10.3. The summed E-state index contributed by atoms with van der Waals surface area (Å²) in [5.74, 6) is 2.01. The Bertz CT molecular complexity index is 466. The van der Waals surface area contributed by atoms with Crippen LogP contribution in [-0.2, 0) is 4.79 Å². The predicted molar refractivity (Wildman–Crippen MR) is 78.7 cm³/mol. The van der Waals surface area contributed by atoms with Gasteiger partial charge in [-0.15, -0.1) is 0 Å². The van der Waals surface area contributed by atoms with Crippen LogP contribution in [0.25, 0.3) is 6.08 Å². The first-order valence-electron chi connectivity index (χ1n) is 7.62. The van der Waals surface area contributed by atoms with E-state index in [4.69, 9.17) is 0 Å². The molecule has 100 valence electrons. The number of carbonyl (C=O) groups excluding carboxylic acids is 1. The second-order valence-corrected chi connectivity index (χ2v) is 6.05. The summed E-state index contributed by atoms with van der Waals surface area (Å²) in [6.07, 6.45) is 10.6.